The summed E-state index contributed by atoms with van der Waals surface area (Å²) in [6, 6.07) is 8.74. The van der Waals surface area contributed by atoms with Gasteiger partial charge >= 0.3 is 6.03 Å². The van der Waals surface area contributed by atoms with Gasteiger partial charge in [-0.1, -0.05) is 0 Å². The largest absolute Gasteiger partial charge is 0.399 e. The molecule has 5 heteroatoms. The van der Waals surface area contributed by atoms with Crippen molar-refractivity contribution in [1.82, 2.24) is 4.90 Å². The van der Waals surface area contributed by atoms with Crippen molar-refractivity contribution in [3.63, 3.8) is 0 Å². The van der Waals surface area contributed by atoms with Crippen LogP contribution in [-0.2, 0) is 0 Å². The highest BCUT2D eigenvalue weighted by Crippen LogP contribution is 2.11. The Morgan fingerprint density at radius 1 is 1.53 bits per heavy atom. The summed E-state index contributed by atoms with van der Waals surface area (Å²) in [5.74, 6) is -0.183. The molecule has 0 saturated carbocycles. The number of hydrogen-bond acceptors (Lipinski definition) is 3. The molecule has 1 aromatic rings. The van der Waals surface area contributed by atoms with Gasteiger partial charge in [0.05, 0.1) is 12.0 Å². The lowest BCUT2D eigenvalue weighted by Gasteiger charge is -2.18. The Morgan fingerprint density at radius 2 is 2.12 bits per heavy atom. The SMILES string of the molecule is CC(C#N)CN(C)C(=O)Nc1ccc(N)cc1. The Labute approximate surface area is 101 Å². The van der Waals surface area contributed by atoms with Crippen LogP contribution in [0.15, 0.2) is 24.3 Å². The Hall–Kier alpha value is -2.22. The summed E-state index contributed by atoms with van der Waals surface area (Å²) < 4.78 is 0. The van der Waals surface area contributed by atoms with Crippen molar-refractivity contribution in [2.75, 3.05) is 24.6 Å². The third-order valence-electron chi connectivity index (χ3n) is 2.28. The molecule has 0 saturated heterocycles. The molecule has 17 heavy (non-hydrogen) atoms. The number of nitrogens with one attached hydrogen (secondary N) is 1. The van der Waals surface area contributed by atoms with Gasteiger partial charge in [-0.2, -0.15) is 5.26 Å². The van der Waals surface area contributed by atoms with Gasteiger partial charge < -0.3 is 16.0 Å². The van der Waals surface area contributed by atoms with E-state index in [4.69, 9.17) is 11.0 Å². The van der Waals surface area contributed by atoms with Crippen LogP contribution in [-0.4, -0.2) is 24.5 Å². The number of nitrogens with two attached hydrogens (primary N) is 1. The number of urea groups is 1. The normalized spacial score (nSPS) is 11.4. The molecule has 0 bridgehead atoms. The average molecular weight is 232 g/mol. The predicted molar refractivity (Wildman–Crippen MR) is 67.3 cm³/mol. The summed E-state index contributed by atoms with van der Waals surface area (Å²) in [6.45, 7) is 2.17. The Kier molecular flexibility index (Phi) is 4.35. The fraction of sp³-hybridized carbons (Fsp3) is 0.333. The van der Waals surface area contributed by atoms with E-state index in [9.17, 15) is 4.79 Å². The minimum Gasteiger partial charge on any atom is -0.399 e. The first-order chi connectivity index (χ1) is 8.02. The number of carbonyl (C=O) groups excluding carboxylic acids is 1. The molecule has 0 aliphatic carbocycles. The first kappa shape index (κ1) is 12.8. The standard InChI is InChI=1S/C12H16N4O/c1-9(7-13)8-16(2)12(17)15-11-5-3-10(14)4-6-11/h3-6,9H,8,14H2,1-2H3,(H,15,17). The van der Waals surface area contributed by atoms with Crippen molar-refractivity contribution in [3.05, 3.63) is 24.3 Å². The van der Waals surface area contributed by atoms with Crippen LogP contribution in [0.3, 0.4) is 0 Å². The van der Waals surface area contributed by atoms with Gasteiger partial charge in [-0.15, -0.1) is 0 Å². The molecule has 0 aliphatic rings. The zero-order chi connectivity index (χ0) is 12.8. The average Bonchev–Trinajstić information content (AvgIpc) is 2.31. The maximum atomic E-state index is 11.7. The van der Waals surface area contributed by atoms with Gasteiger partial charge in [0.2, 0.25) is 0 Å². The number of anilines is 2. The lowest BCUT2D eigenvalue weighted by atomic mass is 10.2. The van der Waals surface area contributed by atoms with Gasteiger partial charge in [0.1, 0.15) is 0 Å². The number of benzene rings is 1. The van der Waals surface area contributed by atoms with Gasteiger partial charge in [-0.25, -0.2) is 4.79 Å². The summed E-state index contributed by atoms with van der Waals surface area (Å²) in [5.41, 5.74) is 6.87. The summed E-state index contributed by atoms with van der Waals surface area (Å²) in [5, 5.41) is 11.4. The molecule has 90 valence electrons. The Bertz CT molecular complexity index is 421. The highest BCUT2D eigenvalue weighted by molar-refractivity contribution is 5.89. The Balaban J connectivity index is 2.54. The highest BCUT2D eigenvalue weighted by atomic mass is 16.2. The summed E-state index contributed by atoms with van der Waals surface area (Å²) in [4.78, 5) is 13.2. The van der Waals surface area contributed by atoms with Crippen LogP contribution in [0.1, 0.15) is 6.92 Å². The maximum absolute atomic E-state index is 11.7. The first-order valence-corrected chi connectivity index (χ1v) is 5.30. The molecule has 0 aliphatic heterocycles. The number of nitrogens with zero attached hydrogens (tertiary/aromatic N) is 2. The molecular weight excluding hydrogens is 216 g/mol. The second-order valence-corrected chi connectivity index (χ2v) is 3.96. The lowest BCUT2D eigenvalue weighted by molar-refractivity contribution is 0.219. The quantitative estimate of drug-likeness (QED) is 0.781. The van der Waals surface area contributed by atoms with Crippen molar-refractivity contribution < 1.29 is 4.79 Å². The van der Waals surface area contributed by atoms with Crippen molar-refractivity contribution in [2.24, 2.45) is 5.92 Å². The third kappa shape index (κ3) is 4.03. The van der Waals surface area contributed by atoms with E-state index in [-0.39, 0.29) is 11.9 Å². The zero-order valence-corrected chi connectivity index (χ0v) is 9.97. The number of hydrogen-bond donors (Lipinski definition) is 2. The third-order valence-corrected chi connectivity index (χ3v) is 2.28. The van der Waals surface area contributed by atoms with Crippen LogP contribution in [0.2, 0.25) is 0 Å². The molecule has 1 atom stereocenters. The van der Waals surface area contributed by atoms with Crippen LogP contribution in [0, 0.1) is 17.2 Å². The molecule has 0 fully saturated rings. The van der Waals surface area contributed by atoms with Crippen molar-refractivity contribution in [2.45, 2.75) is 6.92 Å². The molecule has 0 heterocycles. The fourth-order valence-corrected chi connectivity index (χ4v) is 1.32. The molecule has 0 aromatic heterocycles. The number of nitriles is 1. The minimum absolute atomic E-state index is 0.183. The summed E-state index contributed by atoms with van der Waals surface area (Å²) >= 11 is 0. The highest BCUT2D eigenvalue weighted by Gasteiger charge is 2.11. The fourth-order valence-electron chi connectivity index (χ4n) is 1.32. The van der Waals surface area contributed by atoms with E-state index in [2.05, 4.69) is 11.4 Å². The number of amides is 2. The molecule has 5 nitrogen and oxygen atoms in total. The van der Waals surface area contributed by atoms with Gasteiger partial charge in [0.25, 0.3) is 0 Å². The van der Waals surface area contributed by atoms with Gasteiger partial charge in [-0.3, -0.25) is 0 Å². The molecule has 1 aromatic carbocycles. The van der Waals surface area contributed by atoms with Crippen LogP contribution in [0.4, 0.5) is 16.2 Å². The van der Waals surface area contributed by atoms with Crippen LogP contribution in [0.5, 0.6) is 0 Å². The summed E-state index contributed by atoms with van der Waals surface area (Å²) in [6.07, 6.45) is 0. The first-order valence-electron chi connectivity index (χ1n) is 5.30. The van der Waals surface area contributed by atoms with Crippen LogP contribution >= 0.6 is 0 Å². The number of rotatable bonds is 3. The molecule has 3 N–H and O–H groups in total. The van der Waals surface area contributed by atoms with Gasteiger partial charge in [-0.05, 0) is 31.2 Å². The molecule has 1 rings (SSSR count). The van der Waals surface area contributed by atoms with E-state index in [0.717, 1.165) is 0 Å². The van der Waals surface area contributed by atoms with Gasteiger partial charge in [0, 0.05) is 25.0 Å². The Morgan fingerprint density at radius 3 is 2.65 bits per heavy atom. The van der Waals surface area contributed by atoms with Crippen molar-refractivity contribution in [1.29, 1.82) is 5.26 Å². The lowest BCUT2D eigenvalue weighted by Crippen LogP contribution is -2.34. The minimum atomic E-state index is -0.239. The second kappa shape index (κ2) is 5.75. The molecular formula is C12H16N4O. The van der Waals surface area contributed by atoms with Crippen LogP contribution < -0.4 is 11.1 Å². The molecule has 0 radical (unpaired) electrons. The van der Waals surface area contributed by atoms with Crippen molar-refractivity contribution >= 4 is 17.4 Å². The van der Waals surface area contributed by atoms with Gasteiger partial charge in [0.15, 0.2) is 0 Å². The molecule has 2 amide bonds. The monoisotopic (exact) mass is 232 g/mol. The van der Waals surface area contributed by atoms with E-state index in [1.807, 2.05) is 0 Å². The van der Waals surface area contributed by atoms with E-state index in [0.29, 0.717) is 17.9 Å². The van der Waals surface area contributed by atoms with Crippen molar-refractivity contribution in [3.8, 4) is 6.07 Å². The second-order valence-electron chi connectivity index (χ2n) is 3.96. The smallest absolute Gasteiger partial charge is 0.321 e. The molecule has 1 unspecified atom stereocenters. The number of carbonyl (C=O) groups is 1. The molecule has 0 spiro atoms. The maximum Gasteiger partial charge on any atom is 0.321 e. The zero-order valence-electron chi connectivity index (χ0n) is 9.97. The van der Waals surface area contributed by atoms with E-state index < -0.39 is 0 Å². The van der Waals surface area contributed by atoms with E-state index >= 15 is 0 Å². The predicted octanol–water partition coefficient (Wildman–Crippen LogP) is 1.89. The number of nitrogen functional groups attached to an aromatic ring is 1. The van der Waals surface area contributed by atoms with E-state index in [1.54, 1.807) is 38.2 Å². The summed E-state index contributed by atoms with van der Waals surface area (Å²) in [7, 11) is 1.65. The van der Waals surface area contributed by atoms with Crippen LogP contribution in [0.25, 0.3) is 0 Å². The topological polar surface area (TPSA) is 82.2 Å². The van der Waals surface area contributed by atoms with E-state index in [1.165, 1.54) is 4.90 Å².